The molecule has 2 aliphatic rings. The zero-order valence-electron chi connectivity index (χ0n) is 14.7. The number of phenols is 2. The fourth-order valence-electron chi connectivity index (χ4n) is 4.00. The zero-order chi connectivity index (χ0) is 18.3. The molecule has 0 amide bonds. The molecule has 2 N–H and O–H groups in total. The Bertz CT molecular complexity index is 737. The van der Waals surface area contributed by atoms with Crippen molar-refractivity contribution in [2.45, 2.75) is 12.2 Å². The lowest BCUT2D eigenvalue weighted by Crippen LogP contribution is -2.14. The maximum absolute atomic E-state index is 10.1. The second-order valence-corrected chi connectivity index (χ2v) is 6.70. The molecular formula is C20H22O6. The molecule has 138 valence electrons. The van der Waals surface area contributed by atoms with Gasteiger partial charge in [-0.15, -0.1) is 0 Å². The van der Waals surface area contributed by atoms with E-state index in [0.717, 1.165) is 11.1 Å². The van der Waals surface area contributed by atoms with Crippen molar-refractivity contribution in [1.29, 1.82) is 0 Å². The van der Waals surface area contributed by atoms with Gasteiger partial charge in [-0.3, -0.25) is 0 Å². The van der Waals surface area contributed by atoms with Gasteiger partial charge in [-0.2, -0.15) is 0 Å². The highest BCUT2D eigenvalue weighted by molar-refractivity contribution is 5.44. The molecule has 6 heteroatoms. The van der Waals surface area contributed by atoms with E-state index < -0.39 is 0 Å². The summed E-state index contributed by atoms with van der Waals surface area (Å²) in [6.45, 7) is 1.14. The van der Waals surface area contributed by atoms with Crippen LogP contribution in [0.5, 0.6) is 23.0 Å². The highest BCUT2D eigenvalue weighted by Crippen LogP contribution is 2.51. The molecular weight excluding hydrogens is 336 g/mol. The van der Waals surface area contributed by atoms with Crippen LogP contribution < -0.4 is 9.47 Å². The first-order chi connectivity index (χ1) is 12.6. The summed E-state index contributed by atoms with van der Waals surface area (Å²) >= 11 is 0. The van der Waals surface area contributed by atoms with E-state index in [1.165, 1.54) is 14.2 Å². The fourth-order valence-corrected chi connectivity index (χ4v) is 4.00. The first kappa shape index (κ1) is 17.0. The number of hydrogen-bond acceptors (Lipinski definition) is 6. The van der Waals surface area contributed by atoms with Crippen LogP contribution in [0.3, 0.4) is 0 Å². The molecule has 4 atom stereocenters. The number of rotatable bonds is 4. The van der Waals surface area contributed by atoms with Gasteiger partial charge in [-0.25, -0.2) is 0 Å². The molecule has 2 fully saturated rings. The predicted molar refractivity (Wildman–Crippen MR) is 93.7 cm³/mol. The van der Waals surface area contributed by atoms with Crippen LogP contribution in [0, 0.1) is 11.8 Å². The van der Waals surface area contributed by atoms with Crippen LogP contribution in [0.1, 0.15) is 23.3 Å². The minimum absolute atomic E-state index is 0.104. The van der Waals surface area contributed by atoms with E-state index in [1.54, 1.807) is 24.3 Å². The van der Waals surface area contributed by atoms with Gasteiger partial charge < -0.3 is 29.2 Å². The number of methoxy groups -OCH3 is 2. The van der Waals surface area contributed by atoms with Crippen LogP contribution in [-0.4, -0.2) is 37.6 Å². The van der Waals surface area contributed by atoms with Crippen molar-refractivity contribution in [3.05, 3.63) is 47.5 Å². The van der Waals surface area contributed by atoms with E-state index in [0.29, 0.717) is 24.7 Å². The average Bonchev–Trinajstić information content (AvgIpc) is 3.23. The number of aromatic hydroxyl groups is 2. The number of benzene rings is 2. The first-order valence-electron chi connectivity index (χ1n) is 8.59. The van der Waals surface area contributed by atoms with Crippen LogP contribution in [0.4, 0.5) is 0 Å². The lowest BCUT2D eigenvalue weighted by Gasteiger charge is -2.18. The van der Waals surface area contributed by atoms with Gasteiger partial charge in [-0.1, -0.05) is 12.1 Å². The molecule has 26 heavy (non-hydrogen) atoms. The van der Waals surface area contributed by atoms with Gasteiger partial charge in [0.15, 0.2) is 23.0 Å². The number of ether oxygens (including phenoxy) is 4. The maximum Gasteiger partial charge on any atom is 0.160 e. The third-order valence-corrected chi connectivity index (χ3v) is 5.33. The Morgan fingerprint density at radius 3 is 1.54 bits per heavy atom. The van der Waals surface area contributed by atoms with Crippen LogP contribution in [0.25, 0.3) is 0 Å². The zero-order valence-corrected chi connectivity index (χ0v) is 14.7. The van der Waals surface area contributed by atoms with E-state index in [4.69, 9.17) is 18.9 Å². The second-order valence-electron chi connectivity index (χ2n) is 6.70. The molecule has 0 saturated carbocycles. The van der Waals surface area contributed by atoms with Gasteiger partial charge in [0.1, 0.15) is 0 Å². The molecule has 6 nitrogen and oxygen atoms in total. The highest BCUT2D eigenvalue weighted by atomic mass is 16.5. The van der Waals surface area contributed by atoms with Crippen LogP contribution in [0.15, 0.2) is 36.4 Å². The minimum atomic E-state index is -0.131. The fraction of sp³-hybridized carbons (Fsp3) is 0.400. The van der Waals surface area contributed by atoms with Gasteiger partial charge in [-0.05, 0) is 35.4 Å². The molecule has 0 radical (unpaired) electrons. The van der Waals surface area contributed by atoms with Crippen LogP contribution in [-0.2, 0) is 9.47 Å². The number of fused-ring (bicyclic) bond motifs is 1. The van der Waals surface area contributed by atoms with Crippen LogP contribution >= 0.6 is 0 Å². The summed E-state index contributed by atoms with van der Waals surface area (Å²) in [6, 6.07) is 10.7. The lowest BCUT2D eigenvalue weighted by atomic mass is 9.85. The largest absolute Gasteiger partial charge is 0.504 e. The summed E-state index contributed by atoms with van der Waals surface area (Å²) < 4.78 is 22.3. The molecule has 0 bridgehead atoms. The Morgan fingerprint density at radius 2 is 1.19 bits per heavy atom. The number of phenolic OH excluding ortho intramolecular Hbond substituents is 2. The molecule has 0 aliphatic carbocycles. The van der Waals surface area contributed by atoms with Crippen molar-refractivity contribution in [3.63, 3.8) is 0 Å². The van der Waals surface area contributed by atoms with Gasteiger partial charge in [0.2, 0.25) is 0 Å². The summed E-state index contributed by atoms with van der Waals surface area (Å²) in [7, 11) is 3.05. The van der Waals surface area contributed by atoms with Crippen molar-refractivity contribution in [1.82, 2.24) is 0 Å². The third kappa shape index (κ3) is 2.75. The van der Waals surface area contributed by atoms with Gasteiger partial charge in [0.05, 0.1) is 39.6 Å². The van der Waals surface area contributed by atoms with E-state index in [9.17, 15) is 10.2 Å². The molecule has 2 unspecified atom stereocenters. The average molecular weight is 358 g/mol. The molecule has 0 aromatic heterocycles. The van der Waals surface area contributed by atoms with Gasteiger partial charge in [0, 0.05) is 11.8 Å². The third-order valence-electron chi connectivity index (χ3n) is 5.33. The SMILES string of the molecule is COc1ccc(C2OC[C@@H]3C(c4ccc(OC)c(O)c4)OC[C@H]23)cc1O. The summed E-state index contributed by atoms with van der Waals surface area (Å²) in [5.41, 5.74) is 1.83. The normalized spacial score (nSPS) is 27.3. The molecule has 4 rings (SSSR count). The van der Waals surface area contributed by atoms with E-state index in [2.05, 4.69) is 0 Å². The van der Waals surface area contributed by atoms with Crippen LogP contribution in [0.2, 0.25) is 0 Å². The van der Waals surface area contributed by atoms with Gasteiger partial charge in [0.25, 0.3) is 0 Å². The monoisotopic (exact) mass is 358 g/mol. The van der Waals surface area contributed by atoms with Crippen molar-refractivity contribution >= 4 is 0 Å². The lowest BCUT2D eigenvalue weighted by molar-refractivity contribution is 0.0191. The summed E-state index contributed by atoms with van der Waals surface area (Å²) in [5, 5.41) is 20.1. The smallest absolute Gasteiger partial charge is 0.160 e. The second kappa shape index (κ2) is 6.70. The van der Waals surface area contributed by atoms with Gasteiger partial charge >= 0.3 is 0 Å². The molecule has 2 aromatic rings. The Balaban J connectivity index is 1.56. The Kier molecular flexibility index (Phi) is 4.38. The van der Waals surface area contributed by atoms with Crippen molar-refractivity contribution < 1.29 is 29.2 Å². The maximum atomic E-state index is 10.1. The molecule has 2 heterocycles. The minimum Gasteiger partial charge on any atom is -0.504 e. The highest BCUT2D eigenvalue weighted by Gasteiger charge is 2.48. The summed E-state index contributed by atoms with van der Waals surface area (Å²) in [6.07, 6.45) is -0.262. The van der Waals surface area contributed by atoms with E-state index in [-0.39, 0.29) is 35.5 Å². The Labute approximate surface area is 151 Å². The first-order valence-corrected chi connectivity index (χ1v) is 8.59. The number of hydrogen-bond donors (Lipinski definition) is 2. The Morgan fingerprint density at radius 1 is 0.769 bits per heavy atom. The molecule has 2 aliphatic heterocycles. The Hall–Kier alpha value is -2.44. The van der Waals surface area contributed by atoms with Crippen molar-refractivity contribution in [2.24, 2.45) is 11.8 Å². The molecule has 0 spiro atoms. The standard InChI is InChI=1S/C20H22O6/c1-23-17-5-3-11(7-15(17)21)19-13-9-26-20(14(13)10-25-19)12-4-6-18(24-2)16(22)8-12/h3-8,13-14,19-22H,9-10H2,1-2H3/t13-,14-,19?,20?/m0/s1. The van der Waals surface area contributed by atoms with E-state index in [1.807, 2.05) is 12.1 Å². The van der Waals surface area contributed by atoms with Crippen molar-refractivity contribution in [3.8, 4) is 23.0 Å². The predicted octanol–water partition coefficient (Wildman–Crippen LogP) is 3.19. The molecule has 2 saturated heterocycles. The summed E-state index contributed by atoms with van der Waals surface area (Å²) in [4.78, 5) is 0. The topological polar surface area (TPSA) is 77.4 Å². The quantitative estimate of drug-likeness (QED) is 0.874. The van der Waals surface area contributed by atoms with Crippen molar-refractivity contribution in [2.75, 3.05) is 27.4 Å². The van der Waals surface area contributed by atoms with E-state index >= 15 is 0 Å². The molecule has 2 aromatic carbocycles. The summed E-state index contributed by atoms with van der Waals surface area (Å²) in [5.74, 6) is 1.48.